The number of nitrogens with zero attached hydrogens (tertiary/aromatic N) is 1. The van der Waals surface area contributed by atoms with Gasteiger partial charge in [-0.25, -0.2) is 0 Å². The van der Waals surface area contributed by atoms with Gasteiger partial charge in [0.15, 0.2) is 0 Å². The SMILES string of the molecule is CCOCC(=O)NCC1CCN(C(C)C)C1. The molecule has 1 atom stereocenters. The summed E-state index contributed by atoms with van der Waals surface area (Å²) in [5.74, 6) is 0.609. The highest BCUT2D eigenvalue weighted by molar-refractivity contribution is 5.77. The molecular formula is C12H24N2O2. The maximum absolute atomic E-state index is 11.3. The number of amides is 1. The van der Waals surface area contributed by atoms with Crippen molar-refractivity contribution < 1.29 is 9.53 Å². The monoisotopic (exact) mass is 228 g/mol. The standard InChI is InChI=1S/C12H24N2O2/c1-4-16-9-12(15)13-7-11-5-6-14(8-11)10(2)3/h10-11H,4-9H2,1-3H3,(H,13,15). The highest BCUT2D eigenvalue weighted by atomic mass is 16.5. The van der Waals surface area contributed by atoms with Gasteiger partial charge in [-0.3, -0.25) is 4.79 Å². The van der Waals surface area contributed by atoms with E-state index in [9.17, 15) is 4.79 Å². The number of ether oxygens (including phenoxy) is 1. The molecule has 1 N–H and O–H groups in total. The average Bonchev–Trinajstić information content (AvgIpc) is 2.72. The molecule has 94 valence electrons. The Labute approximate surface area is 98.3 Å². The minimum absolute atomic E-state index is 0.00449. The first-order valence-electron chi connectivity index (χ1n) is 6.22. The second-order valence-corrected chi connectivity index (χ2v) is 4.68. The van der Waals surface area contributed by atoms with Crippen molar-refractivity contribution in [3.05, 3.63) is 0 Å². The summed E-state index contributed by atoms with van der Waals surface area (Å²) in [6.45, 7) is 10.2. The lowest BCUT2D eigenvalue weighted by molar-refractivity contribution is -0.125. The fourth-order valence-corrected chi connectivity index (χ4v) is 2.00. The minimum atomic E-state index is 0.00449. The van der Waals surface area contributed by atoms with E-state index in [1.54, 1.807) is 0 Å². The van der Waals surface area contributed by atoms with Crippen molar-refractivity contribution in [2.45, 2.75) is 33.2 Å². The lowest BCUT2D eigenvalue weighted by atomic mass is 10.1. The van der Waals surface area contributed by atoms with Crippen molar-refractivity contribution in [1.29, 1.82) is 0 Å². The minimum Gasteiger partial charge on any atom is -0.372 e. The first kappa shape index (κ1) is 13.5. The molecule has 1 unspecified atom stereocenters. The molecule has 0 spiro atoms. The molecule has 0 aromatic heterocycles. The van der Waals surface area contributed by atoms with E-state index in [4.69, 9.17) is 4.74 Å². The van der Waals surface area contributed by atoms with Gasteiger partial charge < -0.3 is 15.0 Å². The zero-order valence-electron chi connectivity index (χ0n) is 10.7. The fraction of sp³-hybridized carbons (Fsp3) is 0.917. The maximum Gasteiger partial charge on any atom is 0.246 e. The van der Waals surface area contributed by atoms with Crippen LogP contribution in [0.25, 0.3) is 0 Å². The summed E-state index contributed by atoms with van der Waals surface area (Å²) in [5.41, 5.74) is 0. The third-order valence-electron chi connectivity index (χ3n) is 3.07. The van der Waals surface area contributed by atoms with Gasteiger partial charge in [0.25, 0.3) is 0 Å². The molecule has 1 heterocycles. The van der Waals surface area contributed by atoms with Gasteiger partial charge in [0.1, 0.15) is 6.61 Å². The highest BCUT2D eigenvalue weighted by Gasteiger charge is 2.24. The van der Waals surface area contributed by atoms with E-state index < -0.39 is 0 Å². The van der Waals surface area contributed by atoms with Crippen LogP contribution in [0.4, 0.5) is 0 Å². The van der Waals surface area contributed by atoms with Crippen LogP contribution in [0.3, 0.4) is 0 Å². The highest BCUT2D eigenvalue weighted by Crippen LogP contribution is 2.17. The topological polar surface area (TPSA) is 41.6 Å². The lowest BCUT2D eigenvalue weighted by Crippen LogP contribution is -2.34. The molecule has 0 aromatic rings. The summed E-state index contributed by atoms with van der Waals surface area (Å²) in [6.07, 6.45) is 1.19. The number of rotatable bonds is 6. The molecule has 4 nitrogen and oxygen atoms in total. The molecule has 1 aliphatic heterocycles. The molecule has 0 saturated carbocycles. The van der Waals surface area contributed by atoms with Crippen molar-refractivity contribution in [2.75, 3.05) is 32.8 Å². The molecule has 1 amide bonds. The molecule has 0 radical (unpaired) electrons. The van der Waals surface area contributed by atoms with E-state index >= 15 is 0 Å². The van der Waals surface area contributed by atoms with Crippen LogP contribution in [0.1, 0.15) is 27.2 Å². The van der Waals surface area contributed by atoms with Gasteiger partial charge in [0, 0.05) is 25.7 Å². The van der Waals surface area contributed by atoms with Crippen LogP contribution in [0, 0.1) is 5.92 Å². The van der Waals surface area contributed by atoms with Gasteiger partial charge in [-0.05, 0) is 39.7 Å². The Morgan fingerprint density at radius 3 is 2.88 bits per heavy atom. The quantitative estimate of drug-likeness (QED) is 0.733. The number of nitrogens with one attached hydrogen (secondary N) is 1. The van der Waals surface area contributed by atoms with Gasteiger partial charge in [-0.15, -0.1) is 0 Å². The zero-order valence-corrected chi connectivity index (χ0v) is 10.7. The fourth-order valence-electron chi connectivity index (χ4n) is 2.00. The van der Waals surface area contributed by atoms with E-state index in [1.807, 2.05) is 6.92 Å². The Kier molecular flexibility index (Phi) is 5.77. The van der Waals surface area contributed by atoms with Gasteiger partial charge in [0.05, 0.1) is 0 Å². The number of carbonyl (C=O) groups excluding carboxylic acids is 1. The predicted octanol–water partition coefficient (Wildman–Crippen LogP) is 0.869. The summed E-state index contributed by atoms with van der Waals surface area (Å²) in [6, 6.07) is 0.615. The predicted molar refractivity (Wildman–Crippen MR) is 64.3 cm³/mol. The van der Waals surface area contributed by atoms with Crippen molar-refractivity contribution in [1.82, 2.24) is 10.2 Å². The Balaban J connectivity index is 2.12. The lowest BCUT2D eigenvalue weighted by Gasteiger charge is -2.20. The molecule has 1 aliphatic rings. The Morgan fingerprint density at radius 2 is 2.31 bits per heavy atom. The average molecular weight is 228 g/mol. The summed E-state index contributed by atoms with van der Waals surface area (Å²) in [4.78, 5) is 13.8. The van der Waals surface area contributed by atoms with Crippen molar-refractivity contribution in [2.24, 2.45) is 5.92 Å². The van der Waals surface area contributed by atoms with E-state index in [-0.39, 0.29) is 12.5 Å². The number of hydrogen-bond donors (Lipinski definition) is 1. The third-order valence-corrected chi connectivity index (χ3v) is 3.07. The molecule has 1 fully saturated rings. The Hall–Kier alpha value is -0.610. The van der Waals surface area contributed by atoms with E-state index in [1.165, 1.54) is 6.42 Å². The smallest absolute Gasteiger partial charge is 0.246 e. The molecule has 4 heteroatoms. The van der Waals surface area contributed by atoms with Crippen molar-refractivity contribution in [3.63, 3.8) is 0 Å². The van der Waals surface area contributed by atoms with Crippen LogP contribution in [0.5, 0.6) is 0 Å². The molecule has 16 heavy (non-hydrogen) atoms. The molecule has 1 saturated heterocycles. The number of hydrogen-bond acceptors (Lipinski definition) is 3. The van der Waals surface area contributed by atoms with Crippen LogP contribution in [-0.4, -0.2) is 49.7 Å². The number of likely N-dealkylation sites (tertiary alicyclic amines) is 1. The summed E-state index contributed by atoms with van der Waals surface area (Å²) < 4.78 is 5.05. The molecule has 1 rings (SSSR count). The summed E-state index contributed by atoms with van der Waals surface area (Å²) in [5, 5.41) is 2.93. The van der Waals surface area contributed by atoms with E-state index in [2.05, 4.69) is 24.1 Å². The largest absolute Gasteiger partial charge is 0.372 e. The summed E-state index contributed by atoms with van der Waals surface area (Å²) in [7, 11) is 0. The first-order valence-corrected chi connectivity index (χ1v) is 6.22. The second-order valence-electron chi connectivity index (χ2n) is 4.68. The first-order chi connectivity index (χ1) is 7.63. The van der Waals surface area contributed by atoms with Gasteiger partial charge >= 0.3 is 0 Å². The van der Waals surface area contributed by atoms with Crippen LogP contribution in [0.2, 0.25) is 0 Å². The zero-order chi connectivity index (χ0) is 12.0. The maximum atomic E-state index is 11.3. The van der Waals surface area contributed by atoms with E-state index in [0.29, 0.717) is 18.6 Å². The third kappa shape index (κ3) is 4.49. The van der Waals surface area contributed by atoms with Crippen LogP contribution in [-0.2, 0) is 9.53 Å². The summed E-state index contributed by atoms with van der Waals surface area (Å²) >= 11 is 0. The van der Waals surface area contributed by atoms with Crippen molar-refractivity contribution in [3.8, 4) is 0 Å². The van der Waals surface area contributed by atoms with Crippen LogP contribution in [0.15, 0.2) is 0 Å². The van der Waals surface area contributed by atoms with Gasteiger partial charge in [-0.1, -0.05) is 0 Å². The Morgan fingerprint density at radius 1 is 1.56 bits per heavy atom. The normalized spacial score (nSPS) is 21.6. The number of carbonyl (C=O) groups is 1. The molecule has 0 bridgehead atoms. The second kappa shape index (κ2) is 6.86. The van der Waals surface area contributed by atoms with Crippen LogP contribution < -0.4 is 5.32 Å². The Bertz CT molecular complexity index is 219. The van der Waals surface area contributed by atoms with E-state index in [0.717, 1.165) is 19.6 Å². The molecule has 0 aliphatic carbocycles. The van der Waals surface area contributed by atoms with Gasteiger partial charge in [-0.2, -0.15) is 0 Å². The molecule has 0 aromatic carbocycles. The van der Waals surface area contributed by atoms with Crippen molar-refractivity contribution >= 4 is 5.91 Å². The molecular weight excluding hydrogens is 204 g/mol. The van der Waals surface area contributed by atoms with Gasteiger partial charge in [0.2, 0.25) is 5.91 Å². The van der Waals surface area contributed by atoms with Crippen LogP contribution >= 0.6 is 0 Å².